The Hall–Kier alpha value is -3.60. The van der Waals surface area contributed by atoms with Gasteiger partial charge in [0.05, 0.1) is 30.1 Å². The van der Waals surface area contributed by atoms with Gasteiger partial charge in [0.25, 0.3) is 0 Å². The second kappa shape index (κ2) is 11.0. The van der Waals surface area contributed by atoms with E-state index in [-0.39, 0.29) is 11.9 Å². The topological polar surface area (TPSA) is 56.1 Å². The molecule has 34 heavy (non-hydrogen) atoms. The normalized spacial score (nSPS) is 12.1. The lowest BCUT2D eigenvalue weighted by Gasteiger charge is -2.17. The summed E-state index contributed by atoms with van der Waals surface area (Å²) >= 11 is 0. The summed E-state index contributed by atoms with van der Waals surface area (Å²) in [5, 5.41) is 3.12. The van der Waals surface area contributed by atoms with Gasteiger partial charge < -0.3 is 14.6 Å². The van der Waals surface area contributed by atoms with E-state index in [4.69, 9.17) is 9.72 Å². The fraction of sp³-hybridized carbons (Fsp3) is 0.310. The summed E-state index contributed by atoms with van der Waals surface area (Å²) in [5.74, 6) is 2.26. The molecule has 1 aromatic heterocycles. The average molecular weight is 456 g/mol. The van der Waals surface area contributed by atoms with E-state index in [0.29, 0.717) is 18.9 Å². The standard InChI is InChI=1S/C29H33N3O2/c1-21(2)24-14-16-25(17-15-24)34-19-9-18-32-27-13-8-7-12-26(27)31-29(32)22(3)30-28(33)20-23-10-5-4-6-11-23/h4-8,10-17,21-22H,9,18-20H2,1-3H3,(H,30,33). The number of nitrogens with zero attached hydrogens (tertiary/aromatic N) is 2. The minimum absolute atomic E-state index is 0.00881. The number of hydrogen-bond acceptors (Lipinski definition) is 3. The fourth-order valence-electron chi connectivity index (χ4n) is 4.16. The molecular formula is C29H33N3O2. The van der Waals surface area contributed by atoms with Crippen molar-refractivity contribution >= 4 is 16.9 Å². The van der Waals surface area contributed by atoms with E-state index in [2.05, 4.69) is 41.9 Å². The van der Waals surface area contributed by atoms with Crippen LogP contribution in [0.4, 0.5) is 0 Å². The van der Waals surface area contributed by atoms with Gasteiger partial charge in [-0.05, 0) is 54.7 Å². The SMILES string of the molecule is CC(C)c1ccc(OCCCn2c(C(C)NC(=O)Cc3ccccc3)nc3ccccc32)cc1. The molecule has 1 atom stereocenters. The van der Waals surface area contributed by atoms with Crippen LogP contribution in [0, 0.1) is 0 Å². The number of fused-ring (bicyclic) bond motifs is 1. The van der Waals surface area contributed by atoms with E-state index in [1.54, 1.807) is 0 Å². The molecule has 4 rings (SSSR count). The molecule has 0 saturated heterocycles. The highest BCUT2D eigenvalue weighted by atomic mass is 16.5. The number of nitrogens with one attached hydrogen (secondary N) is 1. The van der Waals surface area contributed by atoms with Gasteiger partial charge in [0.1, 0.15) is 11.6 Å². The van der Waals surface area contributed by atoms with Gasteiger partial charge in [0, 0.05) is 6.54 Å². The quantitative estimate of drug-likeness (QED) is 0.296. The Morgan fingerprint density at radius 1 is 0.941 bits per heavy atom. The molecule has 176 valence electrons. The minimum atomic E-state index is -0.201. The summed E-state index contributed by atoms with van der Waals surface area (Å²) in [6.45, 7) is 7.75. The molecule has 1 unspecified atom stereocenters. The zero-order valence-corrected chi connectivity index (χ0v) is 20.2. The van der Waals surface area contributed by atoms with Crippen LogP contribution in [0.15, 0.2) is 78.9 Å². The molecule has 0 bridgehead atoms. The number of hydrogen-bond donors (Lipinski definition) is 1. The lowest BCUT2D eigenvalue weighted by atomic mass is 10.0. The Morgan fingerprint density at radius 2 is 1.65 bits per heavy atom. The molecule has 0 aliphatic carbocycles. The van der Waals surface area contributed by atoms with Crippen LogP contribution in [0.3, 0.4) is 0 Å². The van der Waals surface area contributed by atoms with Crippen LogP contribution in [-0.2, 0) is 17.8 Å². The first-order chi connectivity index (χ1) is 16.5. The van der Waals surface area contributed by atoms with Crippen LogP contribution in [-0.4, -0.2) is 22.1 Å². The molecule has 5 heteroatoms. The Balaban J connectivity index is 1.40. The molecule has 5 nitrogen and oxygen atoms in total. The number of carbonyl (C=O) groups excluding carboxylic acids is 1. The highest BCUT2D eigenvalue weighted by molar-refractivity contribution is 5.79. The minimum Gasteiger partial charge on any atom is -0.494 e. The van der Waals surface area contributed by atoms with E-state index in [0.717, 1.165) is 41.1 Å². The molecule has 0 fully saturated rings. The third-order valence-corrected chi connectivity index (χ3v) is 6.00. The van der Waals surface area contributed by atoms with E-state index in [1.165, 1.54) is 5.56 Å². The molecule has 3 aromatic carbocycles. The zero-order valence-electron chi connectivity index (χ0n) is 20.2. The van der Waals surface area contributed by atoms with Crippen molar-refractivity contribution < 1.29 is 9.53 Å². The first-order valence-electron chi connectivity index (χ1n) is 12.0. The zero-order chi connectivity index (χ0) is 23.9. The van der Waals surface area contributed by atoms with Gasteiger partial charge in [-0.2, -0.15) is 0 Å². The average Bonchev–Trinajstić information content (AvgIpc) is 3.21. The maximum Gasteiger partial charge on any atom is 0.224 e. The van der Waals surface area contributed by atoms with Crippen molar-refractivity contribution in [3.63, 3.8) is 0 Å². The van der Waals surface area contributed by atoms with Crippen molar-refractivity contribution in [1.29, 1.82) is 0 Å². The number of amides is 1. The molecule has 0 radical (unpaired) electrons. The highest BCUT2D eigenvalue weighted by Gasteiger charge is 2.18. The third kappa shape index (κ3) is 5.84. The fourth-order valence-corrected chi connectivity index (χ4v) is 4.16. The van der Waals surface area contributed by atoms with Crippen molar-refractivity contribution in [3.8, 4) is 5.75 Å². The second-order valence-corrected chi connectivity index (χ2v) is 8.99. The van der Waals surface area contributed by atoms with Crippen LogP contribution < -0.4 is 10.1 Å². The van der Waals surface area contributed by atoms with Crippen LogP contribution in [0.1, 0.15) is 56.1 Å². The monoisotopic (exact) mass is 455 g/mol. The Kier molecular flexibility index (Phi) is 7.63. The van der Waals surface area contributed by atoms with Crippen molar-refractivity contribution in [2.24, 2.45) is 0 Å². The highest BCUT2D eigenvalue weighted by Crippen LogP contribution is 2.22. The van der Waals surface area contributed by atoms with Gasteiger partial charge in [0.2, 0.25) is 5.91 Å². The van der Waals surface area contributed by atoms with Gasteiger partial charge in [-0.3, -0.25) is 4.79 Å². The predicted octanol–water partition coefficient (Wildman–Crippen LogP) is 6.05. The number of aryl methyl sites for hydroxylation is 1. The Morgan fingerprint density at radius 3 is 2.38 bits per heavy atom. The van der Waals surface area contributed by atoms with Crippen molar-refractivity contribution in [3.05, 3.63) is 95.8 Å². The summed E-state index contributed by atoms with van der Waals surface area (Å²) in [6, 6.07) is 26.0. The van der Waals surface area contributed by atoms with Gasteiger partial charge in [-0.25, -0.2) is 4.98 Å². The first kappa shape index (κ1) is 23.6. The molecule has 0 aliphatic rings. The summed E-state index contributed by atoms with van der Waals surface area (Å²) in [5.41, 5.74) is 4.32. The molecule has 0 aliphatic heterocycles. The number of benzene rings is 3. The summed E-state index contributed by atoms with van der Waals surface area (Å²) in [6.07, 6.45) is 1.19. The number of para-hydroxylation sites is 2. The van der Waals surface area contributed by atoms with Gasteiger partial charge in [-0.1, -0.05) is 68.4 Å². The lowest BCUT2D eigenvalue weighted by molar-refractivity contribution is -0.121. The maximum atomic E-state index is 12.6. The summed E-state index contributed by atoms with van der Waals surface area (Å²) in [7, 11) is 0. The van der Waals surface area contributed by atoms with Crippen LogP contribution in [0.2, 0.25) is 0 Å². The Labute approximate surface area is 201 Å². The van der Waals surface area contributed by atoms with Gasteiger partial charge in [-0.15, -0.1) is 0 Å². The number of rotatable bonds is 10. The largest absolute Gasteiger partial charge is 0.494 e. The lowest BCUT2D eigenvalue weighted by Crippen LogP contribution is -2.30. The third-order valence-electron chi connectivity index (χ3n) is 6.00. The summed E-state index contributed by atoms with van der Waals surface area (Å²) < 4.78 is 8.18. The number of ether oxygens (including phenoxy) is 1. The summed E-state index contributed by atoms with van der Waals surface area (Å²) in [4.78, 5) is 17.5. The number of carbonyl (C=O) groups is 1. The van der Waals surface area contributed by atoms with Gasteiger partial charge >= 0.3 is 0 Å². The van der Waals surface area contributed by atoms with Gasteiger partial charge in [0.15, 0.2) is 0 Å². The molecule has 0 spiro atoms. The molecular weight excluding hydrogens is 422 g/mol. The smallest absolute Gasteiger partial charge is 0.224 e. The first-order valence-corrected chi connectivity index (χ1v) is 12.0. The molecule has 1 amide bonds. The molecule has 1 N–H and O–H groups in total. The van der Waals surface area contributed by atoms with E-state index in [1.807, 2.05) is 67.6 Å². The van der Waals surface area contributed by atoms with E-state index < -0.39 is 0 Å². The number of aromatic nitrogens is 2. The second-order valence-electron chi connectivity index (χ2n) is 8.99. The van der Waals surface area contributed by atoms with Crippen LogP contribution in [0.5, 0.6) is 5.75 Å². The van der Waals surface area contributed by atoms with Crippen molar-refractivity contribution in [2.45, 2.75) is 52.1 Å². The molecule has 0 saturated carbocycles. The predicted molar refractivity (Wildman–Crippen MR) is 137 cm³/mol. The van der Waals surface area contributed by atoms with Crippen molar-refractivity contribution in [2.75, 3.05) is 6.61 Å². The number of imidazole rings is 1. The molecule has 4 aromatic rings. The van der Waals surface area contributed by atoms with Crippen LogP contribution in [0.25, 0.3) is 11.0 Å². The van der Waals surface area contributed by atoms with E-state index in [9.17, 15) is 4.79 Å². The van der Waals surface area contributed by atoms with Crippen LogP contribution >= 0.6 is 0 Å². The van der Waals surface area contributed by atoms with Crippen molar-refractivity contribution in [1.82, 2.24) is 14.9 Å². The Bertz CT molecular complexity index is 1210. The maximum absolute atomic E-state index is 12.6. The molecule has 1 heterocycles. The van der Waals surface area contributed by atoms with E-state index >= 15 is 0 Å².